The van der Waals surface area contributed by atoms with Crippen LogP contribution in [0.15, 0.2) is 24.4 Å². The maximum absolute atomic E-state index is 11.8. The lowest BCUT2D eigenvalue weighted by Gasteiger charge is -2.32. The Balaban J connectivity index is 0.000000322. The van der Waals surface area contributed by atoms with Gasteiger partial charge in [0.15, 0.2) is 0 Å². The number of aromatic amines is 1. The molecular formula is C12H16F3N3O4S. The first-order chi connectivity index (χ1) is 10.6. The fourth-order valence-electron chi connectivity index (χ4n) is 2.04. The molecule has 1 aromatic rings. The molecule has 2 N–H and O–H groups in total. The summed E-state index contributed by atoms with van der Waals surface area (Å²) < 4.78 is 56.9. The first-order valence-electron chi connectivity index (χ1n) is 6.53. The number of nitrogens with zero attached hydrogens (tertiary/aromatic N) is 2. The van der Waals surface area contributed by atoms with Gasteiger partial charge in [-0.1, -0.05) is 13.0 Å². The van der Waals surface area contributed by atoms with Crippen LogP contribution >= 0.6 is 0 Å². The Bertz CT molecular complexity index is 628. The number of halogens is 3. The van der Waals surface area contributed by atoms with E-state index in [0.29, 0.717) is 12.4 Å². The number of carboxylic acids is 1. The summed E-state index contributed by atoms with van der Waals surface area (Å²) in [6.07, 6.45) is 0.991. The van der Waals surface area contributed by atoms with Gasteiger partial charge in [0, 0.05) is 24.3 Å². The van der Waals surface area contributed by atoms with Crippen LogP contribution < -0.4 is 0 Å². The number of carboxylic acid groups (broad SMARTS) is 1. The Morgan fingerprint density at radius 2 is 2.09 bits per heavy atom. The van der Waals surface area contributed by atoms with E-state index >= 15 is 0 Å². The zero-order valence-corrected chi connectivity index (χ0v) is 12.8. The van der Waals surface area contributed by atoms with Crippen LogP contribution in [-0.4, -0.2) is 46.5 Å². The van der Waals surface area contributed by atoms with Gasteiger partial charge in [-0.25, -0.2) is 18.2 Å². The second-order valence-corrected chi connectivity index (χ2v) is 6.44. The van der Waals surface area contributed by atoms with Gasteiger partial charge in [0.25, 0.3) is 0 Å². The van der Waals surface area contributed by atoms with Crippen molar-refractivity contribution in [2.45, 2.75) is 31.5 Å². The molecule has 2 rings (SSSR count). The fourth-order valence-corrected chi connectivity index (χ4v) is 3.17. The van der Waals surface area contributed by atoms with Crippen LogP contribution in [0.4, 0.5) is 13.2 Å². The summed E-state index contributed by atoms with van der Waals surface area (Å²) >= 11 is 0. The number of nitrogens with one attached hydrogen (secondary N) is 1. The molecule has 130 valence electrons. The van der Waals surface area contributed by atoms with Crippen molar-refractivity contribution in [1.29, 1.82) is 0 Å². The zero-order chi connectivity index (χ0) is 17.7. The molecule has 1 aliphatic rings. The minimum atomic E-state index is -5.08. The largest absolute Gasteiger partial charge is 0.490 e. The van der Waals surface area contributed by atoms with E-state index in [4.69, 9.17) is 9.90 Å². The van der Waals surface area contributed by atoms with Crippen molar-refractivity contribution in [3.63, 3.8) is 0 Å². The van der Waals surface area contributed by atoms with Gasteiger partial charge >= 0.3 is 12.1 Å². The number of rotatable bonds is 3. The third-order valence-corrected chi connectivity index (χ3v) is 4.58. The molecule has 0 aromatic carbocycles. The second-order valence-electron chi connectivity index (χ2n) is 4.61. The lowest BCUT2D eigenvalue weighted by Crippen LogP contribution is -2.37. The van der Waals surface area contributed by atoms with Crippen molar-refractivity contribution in [2.75, 3.05) is 6.54 Å². The third-order valence-electron chi connectivity index (χ3n) is 3.07. The number of imidazole rings is 1. The van der Waals surface area contributed by atoms with E-state index in [0.717, 1.165) is 24.7 Å². The highest BCUT2D eigenvalue weighted by molar-refractivity contribution is 7.92. The highest BCUT2D eigenvalue weighted by Crippen LogP contribution is 2.31. The summed E-state index contributed by atoms with van der Waals surface area (Å²) in [6, 6.07) is -0.174. The zero-order valence-electron chi connectivity index (χ0n) is 12.0. The average Bonchev–Trinajstić information content (AvgIpc) is 3.01. The molecule has 0 aliphatic carbocycles. The highest BCUT2D eigenvalue weighted by Gasteiger charge is 2.38. The van der Waals surface area contributed by atoms with E-state index in [1.165, 1.54) is 4.31 Å². The standard InChI is InChI=1S/C10H15N3O2S.C2HF3O2/c1-2-16(14,15)13-8-4-3-5-9(13)10-11-6-7-12-10;3-2(4,5)1(6)7/h2,6-7,9H,1,3-5,8H2,(H,11,12);(H,6,7). The Hall–Kier alpha value is -1.88. The molecular weight excluding hydrogens is 339 g/mol. The molecule has 1 saturated heterocycles. The molecule has 0 spiro atoms. The fraction of sp³-hybridized carbons (Fsp3) is 0.500. The van der Waals surface area contributed by atoms with E-state index in [-0.39, 0.29) is 6.04 Å². The van der Waals surface area contributed by atoms with Crippen molar-refractivity contribution >= 4 is 16.0 Å². The van der Waals surface area contributed by atoms with Crippen LogP contribution in [0.2, 0.25) is 0 Å². The maximum Gasteiger partial charge on any atom is 0.490 e. The summed E-state index contributed by atoms with van der Waals surface area (Å²) in [4.78, 5) is 16.0. The number of piperidine rings is 1. The molecule has 1 atom stereocenters. The molecule has 2 heterocycles. The van der Waals surface area contributed by atoms with Crippen LogP contribution in [0.3, 0.4) is 0 Å². The topological polar surface area (TPSA) is 103 Å². The van der Waals surface area contributed by atoms with Crippen LogP contribution in [0.5, 0.6) is 0 Å². The summed E-state index contributed by atoms with van der Waals surface area (Å²) in [6.45, 7) is 3.90. The first kappa shape index (κ1) is 19.2. The number of hydrogen-bond acceptors (Lipinski definition) is 4. The molecule has 0 saturated carbocycles. The van der Waals surface area contributed by atoms with Crippen LogP contribution in [0.25, 0.3) is 0 Å². The lowest BCUT2D eigenvalue weighted by molar-refractivity contribution is -0.192. The number of hydrogen-bond donors (Lipinski definition) is 2. The van der Waals surface area contributed by atoms with Gasteiger partial charge in [-0.15, -0.1) is 0 Å². The predicted octanol–water partition coefficient (Wildman–Crippen LogP) is 2.04. The van der Waals surface area contributed by atoms with Crippen LogP contribution in [0.1, 0.15) is 31.1 Å². The van der Waals surface area contributed by atoms with Crippen LogP contribution in [0, 0.1) is 0 Å². The van der Waals surface area contributed by atoms with Gasteiger partial charge < -0.3 is 10.1 Å². The number of aliphatic carboxylic acids is 1. The Morgan fingerprint density at radius 1 is 1.48 bits per heavy atom. The molecule has 7 nitrogen and oxygen atoms in total. The van der Waals surface area contributed by atoms with E-state index in [9.17, 15) is 21.6 Å². The van der Waals surface area contributed by atoms with Gasteiger partial charge in [-0.3, -0.25) is 0 Å². The minimum Gasteiger partial charge on any atom is -0.475 e. The van der Waals surface area contributed by atoms with Crippen molar-refractivity contribution in [1.82, 2.24) is 14.3 Å². The van der Waals surface area contributed by atoms with E-state index in [1.807, 2.05) is 0 Å². The molecule has 11 heteroatoms. The normalized spacial score (nSPS) is 19.5. The van der Waals surface area contributed by atoms with Gasteiger partial charge in [0.2, 0.25) is 10.0 Å². The molecule has 0 amide bonds. The smallest absolute Gasteiger partial charge is 0.475 e. The Labute approximate surface area is 130 Å². The van der Waals surface area contributed by atoms with Crippen molar-refractivity contribution in [3.05, 3.63) is 30.2 Å². The van der Waals surface area contributed by atoms with Crippen molar-refractivity contribution < 1.29 is 31.5 Å². The first-order valence-corrected chi connectivity index (χ1v) is 8.03. The molecule has 0 bridgehead atoms. The van der Waals surface area contributed by atoms with Crippen molar-refractivity contribution in [3.8, 4) is 0 Å². The van der Waals surface area contributed by atoms with E-state index < -0.39 is 22.2 Å². The Morgan fingerprint density at radius 3 is 2.52 bits per heavy atom. The molecule has 1 fully saturated rings. The average molecular weight is 355 g/mol. The molecule has 0 radical (unpaired) electrons. The quantitative estimate of drug-likeness (QED) is 0.864. The number of H-pyrrole nitrogens is 1. The summed E-state index contributed by atoms with van der Waals surface area (Å²) in [5.41, 5.74) is 0. The maximum atomic E-state index is 11.8. The lowest BCUT2D eigenvalue weighted by atomic mass is 10.0. The van der Waals surface area contributed by atoms with Gasteiger partial charge in [0.1, 0.15) is 5.82 Å². The monoisotopic (exact) mass is 355 g/mol. The molecule has 1 aromatic heterocycles. The number of alkyl halides is 3. The van der Waals surface area contributed by atoms with Gasteiger partial charge in [0.05, 0.1) is 6.04 Å². The number of aromatic nitrogens is 2. The summed E-state index contributed by atoms with van der Waals surface area (Å²) in [5.74, 6) is -2.04. The van der Waals surface area contributed by atoms with E-state index in [2.05, 4.69) is 16.5 Å². The predicted molar refractivity (Wildman–Crippen MR) is 74.7 cm³/mol. The molecule has 23 heavy (non-hydrogen) atoms. The second kappa shape index (κ2) is 7.59. The SMILES string of the molecule is C=CS(=O)(=O)N1CCCCC1c1ncc[nH]1.O=C(O)C(F)(F)F. The summed E-state index contributed by atoms with van der Waals surface area (Å²) in [5, 5.41) is 8.13. The summed E-state index contributed by atoms with van der Waals surface area (Å²) in [7, 11) is -3.36. The minimum absolute atomic E-state index is 0.174. The number of sulfonamides is 1. The van der Waals surface area contributed by atoms with Crippen LogP contribution in [-0.2, 0) is 14.8 Å². The third kappa shape index (κ3) is 5.36. The highest BCUT2D eigenvalue weighted by atomic mass is 32.2. The van der Waals surface area contributed by atoms with Gasteiger partial charge in [-0.05, 0) is 12.8 Å². The molecule has 1 unspecified atom stereocenters. The van der Waals surface area contributed by atoms with Crippen molar-refractivity contribution in [2.24, 2.45) is 0 Å². The molecule has 1 aliphatic heterocycles. The van der Waals surface area contributed by atoms with E-state index in [1.54, 1.807) is 12.4 Å². The Kier molecular flexibility index (Phi) is 6.33. The number of carbonyl (C=O) groups is 1. The van der Waals surface area contributed by atoms with Gasteiger partial charge in [-0.2, -0.15) is 17.5 Å².